The van der Waals surface area contributed by atoms with Crippen LogP contribution in [0.2, 0.25) is 0 Å². The van der Waals surface area contributed by atoms with Crippen LogP contribution in [-0.2, 0) is 16.8 Å². The lowest BCUT2D eigenvalue weighted by Crippen LogP contribution is -2.36. The molecule has 0 radical (unpaired) electrons. The fraction of sp³-hybridized carbons (Fsp3) is 0.227. The molecule has 1 atom stereocenters. The van der Waals surface area contributed by atoms with E-state index in [0.29, 0.717) is 30.2 Å². The second-order valence-corrected chi connectivity index (χ2v) is 8.31. The van der Waals surface area contributed by atoms with E-state index >= 15 is 0 Å². The van der Waals surface area contributed by atoms with Gasteiger partial charge in [-0.05, 0) is 31.5 Å². The van der Waals surface area contributed by atoms with Crippen LogP contribution in [0, 0.1) is 17.5 Å². The van der Waals surface area contributed by atoms with Crippen molar-refractivity contribution in [1.82, 2.24) is 24.7 Å². The number of benzene rings is 1. The second-order valence-electron chi connectivity index (χ2n) is 8.31. The molecule has 0 aliphatic carbocycles. The van der Waals surface area contributed by atoms with Crippen molar-refractivity contribution < 1.29 is 18.0 Å². The third-order valence-corrected chi connectivity index (χ3v) is 6.25. The highest BCUT2D eigenvalue weighted by molar-refractivity contribution is 6.07. The maximum absolute atomic E-state index is 14.3. The maximum atomic E-state index is 14.3. The van der Waals surface area contributed by atoms with E-state index in [4.69, 9.17) is 0 Å². The summed E-state index contributed by atoms with van der Waals surface area (Å²) in [6.07, 6.45) is 1.60. The summed E-state index contributed by atoms with van der Waals surface area (Å²) in [4.78, 5) is 25.7. The minimum atomic E-state index is -0.730. The van der Waals surface area contributed by atoms with Gasteiger partial charge in [0.15, 0.2) is 11.5 Å². The van der Waals surface area contributed by atoms with E-state index in [-0.39, 0.29) is 40.6 Å². The molecular weight excluding hydrogens is 435 g/mol. The SMILES string of the molecule is C[C@@]12CCNc3nc(-c4nn(Cc5c(F)cccc5F)c5ncc(F)cc45)nc(c31)NC2=O. The van der Waals surface area contributed by atoms with E-state index in [9.17, 15) is 18.0 Å². The van der Waals surface area contributed by atoms with Crippen LogP contribution < -0.4 is 10.6 Å². The molecule has 2 aliphatic rings. The van der Waals surface area contributed by atoms with Gasteiger partial charge in [0, 0.05) is 12.1 Å². The molecule has 166 valence electrons. The molecule has 1 aromatic carbocycles. The van der Waals surface area contributed by atoms with Crippen LogP contribution in [0.4, 0.5) is 24.8 Å². The largest absolute Gasteiger partial charge is 0.370 e. The van der Waals surface area contributed by atoms with Gasteiger partial charge in [0.25, 0.3) is 0 Å². The number of hydrogen-bond donors (Lipinski definition) is 2. The number of hydrogen-bond acceptors (Lipinski definition) is 6. The van der Waals surface area contributed by atoms with E-state index in [2.05, 4.69) is 30.7 Å². The number of pyridine rings is 1. The van der Waals surface area contributed by atoms with Gasteiger partial charge in [-0.15, -0.1) is 0 Å². The topological polar surface area (TPSA) is 97.6 Å². The Bertz CT molecular complexity index is 1460. The Labute approximate surface area is 184 Å². The highest BCUT2D eigenvalue weighted by atomic mass is 19.1. The van der Waals surface area contributed by atoms with E-state index in [1.807, 2.05) is 6.92 Å². The van der Waals surface area contributed by atoms with Crippen LogP contribution in [0.5, 0.6) is 0 Å². The summed E-state index contributed by atoms with van der Waals surface area (Å²) < 4.78 is 43.9. The highest BCUT2D eigenvalue weighted by Gasteiger charge is 2.48. The van der Waals surface area contributed by atoms with Crippen LogP contribution in [0.1, 0.15) is 24.5 Å². The van der Waals surface area contributed by atoms with Crippen molar-refractivity contribution in [2.75, 3.05) is 17.2 Å². The molecule has 1 amide bonds. The van der Waals surface area contributed by atoms with Crippen LogP contribution in [-0.4, -0.2) is 37.2 Å². The van der Waals surface area contributed by atoms with Crippen LogP contribution in [0.3, 0.4) is 0 Å². The van der Waals surface area contributed by atoms with Crippen molar-refractivity contribution in [3.63, 3.8) is 0 Å². The zero-order valence-electron chi connectivity index (χ0n) is 17.3. The molecule has 4 aromatic rings. The zero-order valence-corrected chi connectivity index (χ0v) is 17.3. The number of carbonyl (C=O) groups is 1. The average molecular weight is 451 g/mol. The highest BCUT2D eigenvalue weighted by Crippen LogP contribution is 2.46. The Balaban J connectivity index is 1.54. The fourth-order valence-electron chi connectivity index (χ4n) is 4.48. The number of aromatic nitrogens is 5. The maximum Gasteiger partial charge on any atom is 0.236 e. The first kappa shape index (κ1) is 19.6. The molecule has 0 spiro atoms. The summed E-state index contributed by atoms with van der Waals surface area (Å²) in [6.45, 7) is 2.12. The molecule has 33 heavy (non-hydrogen) atoms. The third kappa shape index (κ3) is 2.81. The quantitative estimate of drug-likeness (QED) is 0.496. The molecule has 0 fully saturated rings. The first-order chi connectivity index (χ1) is 15.8. The van der Waals surface area contributed by atoms with Gasteiger partial charge in [-0.3, -0.25) is 4.79 Å². The first-order valence-corrected chi connectivity index (χ1v) is 10.3. The monoisotopic (exact) mass is 451 g/mol. The van der Waals surface area contributed by atoms with E-state index in [1.165, 1.54) is 16.8 Å². The zero-order chi connectivity index (χ0) is 22.9. The van der Waals surface area contributed by atoms with Crippen molar-refractivity contribution in [2.45, 2.75) is 25.3 Å². The smallest absolute Gasteiger partial charge is 0.236 e. The van der Waals surface area contributed by atoms with Gasteiger partial charge in [-0.25, -0.2) is 32.8 Å². The van der Waals surface area contributed by atoms with Crippen molar-refractivity contribution in [2.24, 2.45) is 0 Å². The van der Waals surface area contributed by atoms with Gasteiger partial charge in [-0.2, -0.15) is 5.10 Å². The number of carbonyl (C=O) groups excluding carboxylic acids is 1. The summed E-state index contributed by atoms with van der Waals surface area (Å²) in [6, 6.07) is 4.79. The van der Waals surface area contributed by atoms with Gasteiger partial charge < -0.3 is 10.6 Å². The number of amides is 1. The van der Waals surface area contributed by atoms with E-state index in [0.717, 1.165) is 18.3 Å². The van der Waals surface area contributed by atoms with Gasteiger partial charge in [0.1, 0.15) is 34.8 Å². The van der Waals surface area contributed by atoms with Crippen LogP contribution >= 0.6 is 0 Å². The molecule has 5 heterocycles. The predicted molar refractivity (Wildman–Crippen MR) is 113 cm³/mol. The molecule has 0 unspecified atom stereocenters. The lowest BCUT2D eigenvalue weighted by Gasteiger charge is -2.28. The number of anilines is 2. The van der Waals surface area contributed by atoms with Gasteiger partial charge in [0.2, 0.25) is 5.91 Å². The molecule has 11 heteroatoms. The number of halogens is 3. The number of nitrogens with zero attached hydrogens (tertiary/aromatic N) is 5. The van der Waals surface area contributed by atoms with Crippen molar-refractivity contribution in [3.8, 4) is 11.5 Å². The van der Waals surface area contributed by atoms with Crippen LogP contribution in [0.25, 0.3) is 22.6 Å². The summed E-state index contributed by atoms with van der Waals surface area (Å²) in [5.74, 6) is -1.24. The number of fused-ring (bicyclic) bond motifs is 1. The lowest BCUT2D eigenvalue weighted by molar-refractivity contribution is -0.120. The Hall–Kier alpha value is -4.02. The Kier molecular flexibility index (Phi) is 4.01. The fourth-order valence-corrected chi connectivity index (χ4v) is 4.48. The standard InChI is InChI=1S/C22H16F3N7O/c1-22-5-6-26-17-15(22)18(30-21(22)33)29-19(28-17)16-11-7-10(23)8-27-20(11)32(31-16)9-12-13(24)3-2-4-14(12)25/h2-4,7-8H,5-6,9H2,1H3,(H2,26,28,29,30,33)/t22-/m1/s1. The molecule has 0 saturated carbocycles. The van der Waals surface area contributed by atoms with Crippen LogP contribution in [0.15, 0.2) is 30.5 Å². The Morgan fingerprint density at radius 3 is 2.70 bits per heavy atom. The summed E-state index contributed by atoms with van der Waals surface area (Å²) in [5, 5.41) is 10.7. The molecule has 2 N–H and O–H groups in total. The van der Waals surface area contributed by atoms with E-state index in [1.54, 1.807) is 0 Å². The summed E-state index contributed by atoms with van der Waals surface area (Å²) in [5.41, 5.74) is 0.154. The van der Waals surface area contributed by atoms with Crippen molar-refractivity contribution in [3.05, 3.63) is 59.0 Å². The first-order valence-electron chi connectivity index (χ1n) is 10.3. The minimum Gasteiger partial charge on any atom is -0.370 e. The Morgan fingerprint density at radius 2 is 1.91 bits per heavy atom. The predicted octanol–water partition coefficient (Wildman–Crippen LogP) is 3.38. The van der Waals surface area contributed by atoms with Gasteiger partial charge in [0.05, 0.1) is 29.1 Å². The number of rotatable bonds is 3. The van der Waals surface area contributed by atoms with Gasteiger partial charge in [-0.1, -0.05) is 6.07 Å². The lowest BCUT2D eigenvalue weighted by atomic mass is 9.79. The summed E-state index contributed by atoms with van der Waals surface area (Å²) >= 11 is 0. The van der Waals surface area contributed by atoms with Crippen molar-refractivity contribution in [1.29, 1.82) is 0 Å². The Morgan fingerprint density at radius 1 is 1.15 bits per heavy atom. The molecule has 6 rings (SSSR count). The molecule has 2 aliphatic heterocycles. The third-order valence-electron chi connectivity index (χ3n) is 6.25. The molecule has 0 saturated heterocycles. The molecular formula is C22H16F3N7O. The van der Waals surface area contributed by atoms with Gasteiger partial charge >= 0.3 is 0 Å². The second kappa shape index (κ2) is 6.74. The number of nitrogens with one attached hydrogen (secondary N) is 2. The molecule has 3 aromatic heterocycles. The van der Waals surface area contributed by atoms with Crippen molar-refractivity contribution >= 4 is 28.6 Å². The minimum absolute atomic E-state index is 0.132. The molecule has 8 nitrogen and oxygen atoms in total. The average Bonchev–Trinajstić information content (AvgIpc) is 3.26. The normalized spacial score (nSPS) is 18.8. The molecule has 0 bridgehead atoms. The van der Waals surface area contributed by atoms with E-state index < -0.39 is 22.9 Å². The summed E-state index contributed by atoms with van der Waals surface area (Å²) in [7, 11) is 0.